The topological polar surface area (TPSA) is 30.7 Å². The Morgan fingerprint density at radius 1 is 1.24 bits per heavy atom. The number of rotatable bonds is 3. The van der Waals surface area contributed by atoms with Crippen molar-refractivity contribution in [1.29, 1.82) is 0 Å². The number of hydrogen-bond acceptors (Lipinski definition) is 2. The summed E-state index contributed by atoms with van der Waals surface area (Å²) in [7, 11) is 0. The van der Waals surface area contributed by atoms with E-state index in [9.17, 15) is 0 Å². The van der Waals surface area contributed by atoms with Gasteiger partial charge in [0.2, 0.25) is 0 Å². The second-order valence-electron chi connectivity index (χ2n) is 5.06. The molecule has 3 rings (SSSR count). The van der Waals surface area contributed by atoms with Crippen LogP contribution in [0.3, 0.4) is 0 Å². The standard InChI is InChI=1S/C16H15BrClN3/c1-10-7-8-19-16-15(10)20-14(9-18)21(16)11(2)12-3-5-13(17)6-4-12/h3-8,11H,9H2,1-2H3. The van der Waals surface area contributed by atoms with Crippen molar-refractivity contribution in [3.05, 3.63) is 58.0 Å². The minimum Gasteiger partial charge on any atom is -0.304 e. The van der Waals surface area contributed by atoms with Gasteiger partial charge in [0.15, 0.2) is 5.65 Å². The van der Waals surface area contributed by atoms with Crippen LogP contribution in [0.1, 0.15) is 29.9 Å². The molecule has 0 fully saturated rings. The molecule has 0 aliphatic carbocycles. The summed E-state index contributed by atoms with van der Waals surface area (Å²) in [5.41, 5.74) is 4.14. The van der Waals surface area contributed by atoms with Crippen molar-refractivity contribution in [3.8, 4) is 0 Å². The van der Waals surface area contributed by atoms with Gasteiger partial charge in [-0.05, 0) is 43.2 Å². The molecule has 1 atom stereocenters. The summed E-state index contributed by atoms with van der Waals surface area (Å²) in [5.74, 6) is 1.22. The Bertz CT molecular complexity index is 780. The number of benzene rings is 1. The quantitative estimate of drug-likeness (QED) is 0.622. The normalized spacial score (nSPS) is 12.8. The van der Waals surface area contributed by atoms with Crippen LogP contribution in [-0.2, 0) is 5.88 Å². The van der Waals surface area contributed by atoms with Crippen LogP contribution in [0, 0.1) is 6.92 Å². The predicted octanol–water partition coefficient (Wildman–Crippen LogP) is 4.85. The molecule has 5 heteroatoms. The van der Waals surface area contributed by atoms with Gasteiger partial charge < -0.3 is 4.57 Å². The largest absolute Gasteiger partial charge is 0.304 e. The van der Waals surface area contributed by atoms with E-state index in [0.29, 0.717) is 5.88 Å². The smallest absolute Gasteiger partial charge is 0.160 e. The van der Waals surface area contributed by atoms with E-state index in [1.54, 1.807) is 0 Å². The van der Waals surface area contributed by atoms with E-state index in [1.807, 2.05) is 31.3 Å². The Morgan fingerprint density at radius 3 is 2.62 bits per heavy atom. The number of aromatic nitrogens is 3. The molecule has 1 unspecified atom stereocenters. The molecule has 3 nitrogen and oxygen atoms in total. The van der Waals surface area contributed by atoms with Gasteiger partial charge in [-0.1, -0.05) is 28.1 Å². The summed E-state index contributed by atoms with van der Waals surface area (Å²) in [6, 6.07) is 10.4. The zero-order valence-corrected chi connectivity index (χ0v) is 14.2. The number of hydrogen-bond donors (Lipinski definition) is 0. The first-order valence-electron chi connectivity index (χ1n) is 6.75. The van der Waals surface area contributed by atoms with E-state index >= 15 is 0 Å². The Kier molecular flexibility index (Phi) is 4.00. The Hall–Kier alpha value is -1.39. The highest BCUT2D eigenvalue weighted by atomic mass is 79.9. The average molecular weight is 365 g/mol. The van der Waals surface area contributed by atoms with Crippen LogP contribution >= 0.6 is 27.5 Å². The Labute approximate surface area is 137 Å². The number of nitrogens with zero attached hydrogens (tertiary/aromatic N) is 3. The zero-order chi connectivity index (χ0) is 15.0. The zero-order valence-electron chi connectivity index (χ0n) is 11.8. The molecule has 3 aromatic rings. The molecule has 0 aliphatic heterocycles. The molecule has 0 radical (unpaired) electrons. The van der Waals surface area contributed by atoms with Crippen LogP contribution in [0.4, 0.5) is 0 Å². The van der Waals surface area contributed by atoms with Crippen molar-refractivity contribution < 1.29 is 0 Å². The van der Waals surface area contributed by atoms with Gasteiger partial charge in [0, 0.05) is 10.7 Å². The van der Waals surface area contributed by atoms with E-state index < -0.39 is 0 Å². The molecule has 2 aromatic heterocycles. The number of imidazole rings is 1. The van der Waals surface area contributed by atoms with Crippen molar-refractivity contribution in [3.63, 3.8) is 0 Å². The molecular weight excluding hydrogens is 350 g/mol. The first kappa shape index (κ1) is 14.5. The van der Waals surface area contributed by atoms with E-state index in [0.717, 1.165) is 27.0 Å². The lowest BCUT2D eigenvalue weighted by Crippen LogP contribution is -2.10. The van der Waals surface area contributed by atoms with Crippen molar-refractivity contribution in [1.82, 2.24) is 14.5 Å². The Morgan fingerprint density at radius 2 is 1.95 bits per heavy atom. The molecule has 0 saturated heterocycles. The molecule has 2 heterocycles. The first-order valence-corrected chi connectivity index (χ1v) is 8.08. The lowest BCUT2D eigenvalue weighted by Gasteiger charge is -2.17. The number of halogens is 2. The van der Waals surface area contributed by atoms with Gasteiger partial charge >= 0.3 is 0 Å². The molecule has 108 valence electrons. The monoisotopic (exact) mass is 363 g/mol. The third-order valence-electron chi connectivity index (χ3n) is 3.71. The fourth-order valence-corrected chi connectivity index (χ4v) is 3.00. The molecule has 0 saturated carbocycles. The second-order valence-corrected chi connectivity index (χ2v) is 6.24. The van der Waals surface area contributed by atoms with Crippen LogP contribution < -0.4 is 0 Å². The van der Waals surface area contributed by atoms with Gasteiger partial charge in [0.05, 0.1) is 11.9 Å². The highest BCUT2D eigenvalue weighted by molar-refractivity contribution is 9.10. The van der Waals surface area contributed by atoms with Gasteiger partial charge in [0.25, 0.3) is 0 Å². The summed E-state index contributed by atoms with van der Waals surface area (Å²) in [5, 5.41) is 0. The maximum Gasteiger partial charge on any atom is 0.160 e. The van der Waals surface area contributed by atoms with E-state index in [4.69, 9.17) is 11.6 Å². The van der Waals surface area contributed by atoms with Gasteiger partial charge in [-0.25, -0.2) is 9.97 Å². The molecule has 0 amide bonds. The highest BCUT2D eigenvalue weighted by Crippen LogP contribution is 2.27. The van der Waals surface area contributed by atoms with Gasteiger partial charge in [-0.15, -0.1) is 11.6 Å². The molecule has 1 aromatic carbocycles. The van der Waals surface area contributed by atoms with E-state index in [2.05, 4.69) is 49.5 Å². The SMILES string of the molecule is Cc1ccnc2c1nc(CCl)n2C(C)c1ccc(Br)cc1. The number of fused-ring (bicyclic) bond motifs is 1. The van der Waals surface area contributed by atoms with Gasteiger partial charge in [-0.3, -0.25) is 0 Å². The molecule has 0 bridgehead atoms. The maximum absolute atomic E-state index is 6.09. The summed E-state index contributed by atoms with van der Waals surface area (Å²) < 4.78 is 3.19. The summed E-state index contributed by atoms with van der Waals surface area (Å²) >= 11 is 9.56. The van der Waals surface area contributed by atoms with Gasteiger partial charge in [-0.2, -0.15) is 0 Å². The highest BCUT2D eigenvalue weighted by Gasteiger charge is 2.18. The van der Waals surface area contributed by atoms with E-state index in [-0.39, 0.29) is 6.04 Å². The molecule has 0 aliphatic rings. The van der Waals surface area contributed by atoms with Crippen LogP contribution in [0.25, 0.3) is 11.2 Å². The third-order valence-corrected chi connectivity index (χ3v) is 4.48. The van der Waals surface area contributed by atoms with Crippen LogP contribution in [0.5, 0.6) is 0 Å². The molecule has 0 spiro atoms. The predicted molar refractivity (Wildman–Crippen MR) is 89.8 cm³/mol. The molecular formula is C16H15BrClN3. The van der Waals surface area contributed by atoms with Crippen LogP contribution in [0.2, 0.25) is 0 Å². The number of alkyl halides is 1. The fraction of sp³-hybridized carbons (Fsp3) is 0.250. The number of pyridine rings is 1. The van der Waals surface area contributed by atoms with Crippen LogP contribution in [0.15, 0.2) is 41.0 Å². The third kappa shape index (κ3) is 2.58. The van der Waals surface area contributed by atoms with Crippen molar-refractivity contribution in [2.75, 3.05) is 0 Å². The van der Waals surface area contributed by atoms with Crippen molar-refractivity contribution >= 4 is 38.7 Å². The van der Waals surface area contributed by atoms with Crippen molar-refractivity contribution in [2.24, 2.45) is 0 Å². The summed E-state index contributed by atoms with van der Waals surface area (Å²) in [6.45, 7) is 4.19. The lowest BCUT2D eigenvalue weighted by molar-refractivity contribution is 0.629. The first-order chi connectivity index (χ1) is 10.1. The lowest BCUT2D eigenvalue weighted by atomic mass is 10.1. The maximum atomic E-state index is 6.09. The van der Waals surface area contributed by atoms with Gasteiger partial charge in [0.1, 0.15) is 11.3 Å². The summed E-state index contributed by atoms with van der Waals surface area (Å²) in [6.07, 6.45) is 1.82. The van der Waals surface area contributed by atoms with E-state index in [1.165, 1.54) is 5.56 Å². The Balaban J connectivity index is 2.18. The minimum absolute atomic E-state index is 0.131. The second kappa shape index (κ2) is 5.78. The van der Waals surface area contributed by atoms with Crippen LogP contribution in [-0.4, -0.2) is 14.5 Å². The molecule has 21 heavy (non-hydrogen) atoms. The number of aryl methyl sites for hydroxylation is 1. The minimum atomic E-state index is 0.131. The average Bonchev–Trinajstić information content (AvgIpc) is 2.87. The fourth-order valence-electron chi connectivity index (χ4n) is 2.55. The van der Waals surface area contributed by atoms with Crippen molar-refractivity contribution in [2.45, 2.75) is 25.8 Å². The summed E-state index contributed by atoms with van der Waals surface area (Å²) in [4.78, 5) is 9.16. The molecule has 0 N–H and O–H groups in total.